The minimum Gasteiger partial charge on any atom is -0.448 e. The Morgan fingerprint density at radius 3 is 1.48 bits per heavy atom. The molecule has 194 valence electrons. The Balaban J connectivity index is 2.32. The quantitative estimate of drug-likeness (QED) is 0.200. The number of esters is 2. The van der Waals surface area contributed by atoms with Crippen molar-refractivity contribution in [2.75, 3.05) is 39.3 Å². The molecule has 5 atom stereocenters. The van der Waals surface area contributed by atoms with E-state index in [2.05, 4.69) is 11.8 Å². The van der Waals surface area contributed by atoms with Gasteiger partial charge in [-0.15, -0.1) is 0 Å². The van der Waals surface area contributed by atoms with E-state index in [1.807, 2.05) is 4.90 Å². The van der Waals surface area contributed by atoms with E-state index >= 15 is 0 Å². The van der Waals surface area contributed by atoms with Gasteiger partial charge in [0.25, 0.3) is 0 Å². The predicted molar refractivity (Wildman–Crippen MR) is 126 cm³/mol. The molecular weight excluding hydrogens is 428 g/mol. The van der Waals surface area contributed by atoms with Crippen molar-refractivity contribution in [2.24, 2.45) is 0 Å². The molecule has 1 aliphatic heterocycles. The first-order valence-corrected chi connectivity index (χ1v) is 12.5. The maximum atomic E-state index is 12.3. The molecule has 1 fully saturated rings. The molecule has 5 unspecified atom stereocenters. The van der Waals surface area contributed by atoms with E-state index in [0.717, 1.165) is 38.8 Å². The number of hydrogen-bond donors (Lipinski definition) is 3. The van der Waals surface area contributed by atoms with E-state index < -0.39 is 36.4 Å². The summed E-state index contributed by atoms with van der Waals surface area (Å²) in [6, 6.07) is 0. The number of cyclic esters (lactones) is 2. The zero-order chi connectivity index (χ0) is 24.8. The molecule has 9 heteroatoms. The van der Waals surface area contributed by atoms with Crippen molar-refractivity contribution in [3.63, 3.8) is 0 Å². The molecule has 33 heavy (non-hydrogen) atoms. The predicted octanol–water partition coefficient (Wildman–Crippen LogP) is 1.32. The Bertz CT molecular complexity index is 547. The third-order valence-electron chi connectivity index (χ3n) is 5.53. The number of hydrogen-bond acceptors (Lipinski definition) is 9. The third kappa shape index (κ3) is 13.3. The van der Waals surface area contributed by atoms with E-state index in [0.29, 0.717) is 45.4 Å². The third-order valence-corrected chi connectivity index (χ3v) is 5.53. The summed E-state index contributed by atoms with van der Waals surface area (Å²) >= 11 is 0. The van der Waals surface area contributed by atoms with Crippen LogP contribution in [0.3, 0.4) is 0 Å². The highest BCUT2D eigenvalue weighted by Gasteiger charge is 2.37. The number of aliphatic hydroxyl groups is 3. The Kier molecular flexibility index (Phi) is 14.8. The first-order chi connectivity index (χ1) is 15.6. The van der Waals surface area contributed by atoms with Gasteiger partial charge in [-0.25, -0.2) is 9.59 Å². The Morgan fingerprint density at radius 1 is 0.697 bits per heavy atom. The van der Waals surface area contributed by atoms with Crippen LogP contribution < -0.4 is 0 Å². The first kappa shape index (κ1) is 29.8. The Morgan fingerprint density at radius 2 is 1.09 bits per heavy atom. The van der Waals surface area contributed by atoms with E-state index in [1.165, 1.54) is 0 Å². The smallest absolute Gasteiger partial charge is 0.348 e. The lowest BCUT2D eigenvalue weighted by molar-refractivity contribution is -0.196. The van der Waals surface area contributed by atoms with Crippen LogP contribution in [0.2, 0.25) is 0 Å². The molecule has 0 radical (unpaired) electrons. The molecule has 0 bridgehead atoms. The molecule has 0 saturated carbocycles. The van der Waals surface area contributed by atoms with Gasteiger partial charge in [0.05, 0.1) is 18.3 Å². The topological polar surface area (TPSA) is 120 Å². The molecule has 3 N–H and O–H groups in total. The molecule has 1 aliphatic rings. The van der Waals surface area contributed by atoms with Gasteiger partial charge in [0.15, 0.2) is 12.2 Å². The van der Waals surface area contributed by atoms with Crippen molar-refractivity contribution >= 4 is 11.9 Å². The standard InChI is InChI=1S/C24H46N2O7/c1-5-12-25(15-18(2)27)13-8-6-10-21-23(30)33-22(24(31)32-21)11-7-9-14-26(16-19(3)28)17-20(4)29/h18-22,27-29H,5-17H2,1-4H3. The summed E-state index contributed by atoms with van der Waals surface area (Å²) in [4.78, 5) is 28.8. The zero-order valence-corrected chi connectivity index (χ0v) is 20.9. The minimum absolute atomic E-state index is 0.373. The van der Waals surface area contributed by atoms with Crippen LogP contribution in [-0.2, 0) is 19.1 Å². The van der Waals surface area contributed by atoms with Crippen LogP contribution in [-0.4, -0.2) is 107 Å². The maximum absolute atomic E-state index is 12.3. The summed E-state index contributed by atoms with van der Waals surface area (Å²) in [6.07, 6.45) is 1.84. The van der Waals surface area contributed by atoms with Gasteiger partial charge in [-0.1, -0.05) is 6.92 Å². The van der Waals surface area contributed by atoms with E-state index in [-0.39, 0.29) is 6.10 Å². The van der Waals surface area contributed by atoms with Gasteiger partial charge in [0.2, 0.25) is 0 Å². The van der Waals surface area contributed by atoms with Crippen LogP contribution in [0, 0.1) is 0 Å². The summed E-state index contributed by atoms with van der Waals surface area (Å²) in [6.45, 7) is 11.3. The van der Waals surface area contributed by atoms with E-state index in [9.17, 15) is 24.9 Å². The number of ether oxygens (including phenoxy) is 2. The van der Waals surface area contributed by atoms with Crippen LogP contribution in [0.4, 0.5) is 0 Å². The second-order valence-corrected chi connectivity index (χ2v) is 9.45. The molecular formula is C24H46N2O7. The molecule has 1 rings (SSSR count). The second kappa shape index (κ2) is 16.4. The van der Waals surface area contributed by atoms with Gasteiger partial charge < -0.3 is 29.7 Å². The van der Waals surface area contributed by atoms with Gasteiger partial charge in [-0.05, 0) is 85.4 Å². The van der Waals surface area contributed by atoms with Crippen molar-refractivity contribution in [3.05, 3.63) is 0 Å². The highest BCUT2D eigenvalue weighted by atomic mass is 16.6. The monoisotopic (exact) mass is 474 g/mol. The van der Waals surface area contributed by atoms with Crippen LogP contribution in [0.1, 0.15) is 72.6 Å². The average molecular weight is 475 g/mol. The van der Waals surface area contributed by atoms with Crippen molar-refractivity contribution < 1.29 is 34.4 Å². The average Bonchev–Trinajstić information content (AvgIpc) is 2.70. The van der Waals surface area contributed by atoms with Gasteiger partial charge in [0, 0.05) is 19.6 Å². The maximum Gasteiger partial charge on any atom is 0.348 e. The molecule has 9 nitrogen and oxygen atoms in total. The van der Waals surface area contributed by atoms with Gasteiger partial charge in [0.1, 0.15) is 0 Å². The normalized spacial score (nSPS) is 21.7. The minimum atomic E-state index is -0.859. The molecule has 0 aromatic heterocycles. The number of aliphatic hydroxyl groups excluding tert-OH is 3. The van der Waals surface area contributed by atoms with Gasteiger partial charge in [-0.2, -0.15) is 0 Å². The number of rotatable bonds is 18. The SMILES string of the molecule is CCCN(CCCCC1OC(=O)C(CCCCN(CC(C)O)CC(C)O)OC1=O)CC(C)O. The fraction of sp³-hybridized carbons (Fsp3) is 0.917. The molecule has 0 aromatic carbocycles. The van der Waals surface area contributed by atoms with Crippen LogP contribution in [0.25, 0.3) is 0 Å². The summed E-state index contributed by atoms with van der Waals surface area (Å²) in [7, 11) is 0. The van der Waals surface area contributed by atoms with Gasteiger partial charge >= 0.3 is 11.9 Å². The Labute approximate surface area is 199 Å². The van der Waals surface area contributed by atoms with Crippen LogP contribution >= 0.6 is 0 Å². The lowest BCUT2D eigenvalue weighted by Gasteiger charge is -2.28. The lowest BCUT2D eigenvalue weighted by Crippen LogP contribution is -2.44. The molecule has 0 aliphatic carbocycles. The molecule has 0 aromatic rings. The Hall–Kier alpha value is -1.26. The van der Waals surface area contributed by atoms with E-state index in [1.54, 1.807) is 20.8 Å². The zero-order valence-electron chi connectivity index (χ0n) is 20.9. The number of nitrogens with zero attached hydrogens (tertiary/aromatic N) is 2. The van der Waals surface area contributed by atoms with Crippen LogP contribution in [0.15, 0.2) is 0 Å². The highest BCUT2D eigenvalue weighted by Crippen LogP contribution is 2.19. The molecule has 1 saturated heterocycles. The summed E-state index contributed by atoms with van der Waals surface area (Å²) in [5.41, 5.74) is 0. The van der Waals surface area contributed by atoms with Crippen molar-refractivity contribution in [2.45, 2.75) is 103 Å². The summed E-state index contributed by atoms with van der Waals surface area (Å²) in [5.74, 6) is -0.954. The van der Waals surface area contributed by atoms with Crippen molar-refractivity contribution in [1.29, 1.82) is 0 Å². The number of carbonyl (C=O) groups excluding carboxylic acids is 2. The summed E-state index contributed by atoms with van der Waals surface area (Å²) < 4.78 is 10.7. The fourth-order valence-electron chi connectivity index (χ4n) is 4.20. The lowest BCUT2D eigenvalue weighted by atomic mass is 10.1. The number of carbonyl (C=O) groups is 2. The van der Waals surface area contributed by atoms with Crippen LogP contribution in [0.5, 0.6) is 0 Å². The van der Waals surface area contributed by atoms with E-state index in [4.69, 9.17) is 9.47 Å². The first-order valence-electron chi connectivity index (χ1n) is 12.5. The highest BCUT2D eigenvalue weighted by molar-refractivity contribution is 5.87. The van der Waals surface area contributed by atoms with Crippen molar-refractivity contribution in [1.82, 2.24) is 9.80 Å². The fourth-order valence-corrected chi connectivity index (χ4v) is 4.20. The molecule has 0 amide bonds. The van der Waals surface area contributed by atoms with Gasteiger partial charge in [-0.3, -0.25) is 4.90 Å². The summed E-state index contributed by atoms with van der Waals surface area (Å²) in [5, 5.41) is 28.8. The molecule has 1 heterocycles. The largest absolute Gasteiger partial charge is 0.448 e. The second-order valence-electron chi connectivity index (χ2n) is 9.45. The number of unbranched alkanes of at least 4 members (excludes halogenated alkanes) is 2. The van der Waals surface area contributed by atoms with Crippen molar-refractivity contribution in [3.8, 4) is 0 Å². The molecule has 0 spiro atoms.